The molecule has 49 nitrogen and oxygen atoms in total. The minimum atomic E-state index is -1.63. The number of carboxylic acids is 1. The molecule has 6 unspecified atom stereocenters. The molecule has 24 N–H and O–H groups in total. The van der Waals surface area contributed by atoms with E-state index in [1.165, 1.54) is 146 Å². The second-order valence-corrected chi connectivity index (χ2v) is 36.5. The molecule has 5 aliphatic heterocycles. The van der Waals surface area contributed by atoms with E-state index in [2.05, 4.69) is 105 Å². The Morgan fingerprint density at radius 1 is 0.287 bits per heavy atom. The summed E-state index contributed by atoms with van der Waals surface area (Å²) in [7, 11) is 0. The molecule has 5 saturated heterocycles. The third kappa shape index (κ3) is 33.8. The topological polar surface area (TPSA) is 760 Å². The van der Waals surface area contributed by atoms with E-state index in [-0.39, 0.29) is 122 Å². The van der Waals surface area contributed by atoms with Crippen LogP contribution in [0.4, 0.5) is 57.5 Å². The van der Waals surface area contributed by atoms with Gasteiger partial charge in [-0.25, -0.2) is 29.7 Å². The van der Waals surface area contributed by atoms with Crippen molar-refractivity contribution >= 4 is 164 Å². The fraction of sp³-hybridized carbons (Fsp3) is 0.327. The summed E-state index contributed by atoms with van der Waals surface area (Å²) in [5.41, 5.74) is 43.0. The Kier molecular flexibility index (Phi) is 40.8. The molecular formula is C101H118N30O19. The standard InChI is InChI=1S/3C21H24N6O4.C19H22N6O3.C11H17N3.C8H7N3O4/c3*1-12-3-5-17(14-4-6-18(24-9-14)25-13(2)28)27(11-12)21(31)20(30)26-16-7-15(19(22)29)8-23-10-16;1-11-2-4-15(12-3-5-16(20)23-8-12)25(10-11)19(28)18(27)24-14-6-13(17(21)26)7-22-9-14;1-8-2-4-10(13-6-8)9-3-5-11(12)14-7-9;9-6(12)4-1-5(3-10-2-4)11-7(13)8(14)15/h3*4,6-10,12,17H,3,5,11H2,1-2H3,(H2,22,29)(H,26,30)(H,24,25,28);3,5-9,11,15H,2,4,10H2,1H3,(H2,20,23)(H2,21,26)(H,24,27);3,5,7-8,10,13H,2,4,6H2,1H3,(H2,12,14);1-3H,(H2,9,12)(H,11,13)(H,14,15)/t2*12-,17+;;;;/m10..../s1. The number of nitrogen functional groups attached to an aromatic ring is 2. The van der Waals surface area contributed by atoms with Crippen LogP contribution in [0, 0.1) is 29.6 Å². The maximum atomic E-state index is 13.0. The van der Waals surface area contributed by atoms with Crippen LogP contribution in [0.3, 0.4) is 0 Å². The Labute approximate surface area is 860 Å². The van der Waals surface area contributed by atoms with Crippen molar-refractivity contribution in [2.45, 2.75) is 150 Å². The van der Waals surface area contributed by atoms with Crippen LogP contribution < -0.4 is 88.0 Å². The van der Waals surface area contributed by atoms with Gasteiger partial charge in [-0.2, -0.15) is 0 Å². The van der Waals surface area contributed by atoms with E-state index in [4.69, 9.17) is 45.2 Å². The molecule has 5 fully saturated rings. The normalized spacial score (nSPS) is 18.3. The molecule has 0 aliphatic carbocycles. The molecule has 49 heteroatoms. The lowest BCUT2D eigenvalue weighted by molar-refractivity contribution is -0.147. The van der Waals surface area contributed by atoms with Gasteiger partial charge in [0.2, 0.25) is 47.3 Å². The molecule has 10 atom stereocenters. The number of likely N-dealkylation sites (tertiary alicyclic amines) is 4. The third-order valence-electron chi connectivity index (χ3n) is 24.2. The highest BCUT2D eigenvalue weighted by molar-refractivity contribution is 6.41. The van der Waals surface area contributed by atoms with Crippen LogP contribution in [0.2, 0.25) is 0 Å². The fourth-order valence-corrected chi connectivity index (χ4v) is 16.6. The van der Waals surface area contributed by atoms with Crippen LogP contribution in [0.5, 0.6) is 0 Å². The zero-order chi connectivity index (χ0) is 109. The van der Waals surface area contributed by atoms with E-state index in [1.807, 2.05) is 51.3 Å². The molecule has 150 heavy (non-hydrogen) atoms. The molecule has 15 rings (SSSR count). The Hall–Kier alpha value is -18.5. The predicted molar refractivity (Wildman–Crippen MR) is 548 cm³/mol. The molecule has 0 bridgehead atoms. The molecule has 15 heterocycles. The first-order chi connectivity index (χ1) is 71.3. The van der Waals surface area contributed by atoms with Crippen LogP contribution in [-0.4, -0.2) is 214 Å². The SMILES string of the molecule is CC(=O)Nc1ccc(C2CCC(C)CN2C(=O)C(=O)Nc2cncc(C(N)=O)c2)cn1.CC(=O)Nc1ccc([C@@H]2CC[C@@H](C)CN2C(=O)C(=O)Nc2cncc(C(N)=O)c2)cn1.CC(=O)Nc1ccc([C@H]2CC[C@H](C)CN2C(=O)C(=O)Nc2cncc(C(N)=O)c2)cn1.CC1CCC(c2ccc(N)nc2)N(C(=O)C(=O)Nc2cncc(C(N)=O)c2)C1.CC1CCC(c2ccc(N)nc2)NC1.NC(=O)c1cncc(NC(=O)C(=O)O)c1. The van der Waals surface area contributed by atoms with Crippen LogP contribution in [0.15, 0.2) is 184 Å². The van der Waals surface area contributed by atoms with Gasteiger partial charge in [0.05, 0.1) is 111 Å². The third-order valence-corrected chi connectivity index (χ3v) is 24.2. The number of nitrogens with one attached hydrogen (secondary N) is 9. The van der Waals surface area contributed by atoms with Crippen molar-refractivity contribution in [3.05, 3.63) is 240 Å². The summed E-state index contributed by atoms with van der Waals surface area (Å²) in [4.78, 5) is 259. The average Bonchev–Trinajstić information content (AvgIpc) is 0.826. The summed E-state index contributed by atoms with van der Waals surface area (Å²) in [6.07, 6.45) is 30.1. The number of amides is 17. The van der Waals surface area contributed by atoms with Crippen molar-refractivity contribution in [2.75, 3.05) is 86.7 Å². The Balaban J connectivity index is 0.000000188. The quantitative estimate of drug-likeness (QED) is 0.0411. The monoisotopic (exact) mass is 2050 g/mol. The number of hydrogen-bond donors (Lipinski definition) is 17. The number of aliphatic carboxylic acids is 1. The molecule has 786 valence electrons. The number of pyridine rings is 10. The number of carbonyl (C=O) groups excluding carboxylic acids is 17. The van der Waals surface area contributed by atoms with Gasteiger partial charge in [0.25, 0.3) is 0 Å². The second kappa shape index (κ2) is 53.9. The van der Waals surface area contributed by atoms with Crippen LogP contribution in [-0.2, 0) is 62.3 Å². The van der Waals surface area contributed by atoms with E-state index in [0.29, 0.717) is 80.6 Å². The molecule has 0 saturated carbocycles. The smallest absolute Gasteiger partial charge is 0.394 e. The van der Waals surface area contributed by atoms with E-state index >= 15 is 0 Å². The van der Waals surface area contributed by atoms with Gasteiger partial charge in [-0.05, 0) is 189 Å². The van der Waals surface area contributed by atoms with E-state index in [0.717, 1.165) is 66.8 Å². The van der Waals surface area contributed by atoms with Crippen molar-refractivity contribution in [3.63, 3.8) is 0 Å². The van der Waals surface area contributed by atoms with E-state index in [9.17, 15) is 86.3 Å². The number of hydrogen-bond acceptors (Lipinski definition) is 31. The van der Waals surface area contributed by atoms with Crippen molar-refractivity contribution in [2.24, 2.45) is 58.3 Å². The number of rotatable bonds is 18. The van der Waals surface area contributed by atoms with Crippen molar-refractivity contribution in [1.29, 1.82) is 0 Å². The van der Waals surface area contributed by atoms with Crippen LogP contribution in [0.25, 0.3) is 0 Å². The highest BCUT2D eigenvalue weighted by Gasteiger charge is 2.40. The Morgan fingerprint density at radius 3 is 0.727 bits per heavy atom. The lowest BCUT2D eigenvalue weighted by Crippen LogP contribution is -2.46. The summed E-state index contributed by atoms with van der Waals surface area (Å²) >= 11 is 0. The maximum Gasteiger partial charge on any atom is 0.394 e. The number of carbonyl (C=O) groups is 18. The van der Waals surface area contributed by atoms with Gasteiger partial charge in [-0.3, -0.25) is 106 Å². The molecule has 0 spiro atoms. The fourth-order valence-electron chi connectivity index (χ4n) is 16.6. The lowest BCUT2D eigenvalue weighted by Gasteiger charge is -2.38. The number of anilines is 10. The van der Waals surface area contributed by atoms with Crippen molar-refractivity contribution in [1.82, 2.24) is 74.8 Å². The number of aromatic nitrogens is 10. The Bertz CT molecular complexity index is 6210. The highest BCUT2D eigenvalue weighted by atomic mass is 16.4. The van der Waals surface area contributed by atoms with Crippen LogP contribution in [0.1, 0.15) is 229 Å². The minimum Gasteiger partial charge on any atom is -0.474 e. The Morgan fingerprint density at radius 2 is 0.520 bits per heavy atom. The van der Waals surface area contributed by atoms with Gasteiger partial charge >= 0.3 is 59.1 Å². The zero-order valence-corrected chi connectivity index (χ0v) is 83.3. The van der Waals surface area contributed by atoms with Crippen LogP contribution >= 0.6 is 0 Å². The number of primary amides is 5. The summed E-state index contributed by atoms with van der Waals surface area (Å²) < 4.78 is 0. The molecule has 17 amide bonds. The van der Waals surface area contributed by atoms with Gasteiger partial charge in [0, 0.05) is 115 Å². The molecule has 0 aromatic carbocycles. The maximum absolute atomic E-state index is 13.0. The van der Waals surface area contributed by atoms with E-state index in [1.54, 1.807) is 72.2 Å². The molecule has 0 radical (unpaired) electrons. The largest absolute Gasteiger partial charge is 0.474 e. The van der Waals surface area contributed by atoms with Gasteiger partial charge in [0.1, 0.15) is 29.1 Å². The molecular weight excluding hydrogens is 1940 g/mol. The summed E-state index contributed by atoms with van der Waals surface area (Å²) in [6.45, 7) is 17.4. The number of carboxylic acid groups (broad SMARTS) is 1. The highest BCUT2D eigenvalue weighted by Crippen LogP contribution is 2.39. The first-order valence-electron chi connectivity index (χ1n) is 47.5. The summed E-state index contributed by atoms with van der Waals surface area (Å²) in [5, 5.41) is 31.6. The van der Waals surface area contributed by atoms with Gasteiger partial charge in [-0.15, -0.1) is 0 Å². The van der Waals surface area contributed by atoms with Crippen molar-refractivity contribution < 1.29 is 91.4 Å². The van der Waals surface area contributed by atoms with Gasteiger partial charge < -0.3 is 113 Å². The molecule has 10 aromatic heterocycles. The molecule has 10 aromatic rings. The van der Waals surface area contributed by atoms with E-state index < -0.39 is 88.7 Å². The second-order valence-electron chi connectivity index (χ2n) is 36.5. The first-order valence-corrected chi connectivity index (χ1v) is 47.5. The average molecular weight is 2060 g/mol. The number of nitrogens with zero attached hydrogens (tertiary/aromatic N) is 14. The zero-order valence-electron chi connectivity index (χ0n) is 83.3. The summed E-state index contributed by atoms with van der Waals surface area (Å²) in [6, 6.07) is 23.8. The van der Waals surface area contributed by atoms with Gasteiger partial charge in [-0.1, -0.05) is 65.0 Å². The number of nitrogens with two attached hydrogens (primary N) is 7. The predicted octanol–water partition coefficient (Wildman–Crippen LogP) is 6.44. The minimum absolute atomic E-state index is 0.0817. The number of piperidine rings is 5. The lowest BCUT2D eigenvalue weighted by atomic mass is 9.90. The van der Waals surface area contributed by atoms with Crippen molar-refractivity contribution in [3.8, 4) is 0 Å². The summed E-state index contributed by atoms with van der Waals surface area (Å²) in [5.74, 6) is -8.95. The van der Waals surface area contributed by atoms with Gasteiger partial charge in [0.15, 0.2) is 0 Å². The first kappa shape index (κ1) is 113. The molecule has 5 aliphatic rings.